The summed E-state index contributed by atoms with van der Waals surface area (Å²) in [6.07, 6.45) is 1.39. The van der Waals surface area contributed by atoms with Crippen LogP contribution in [0, 0.1) is 11.3 Å². The molecule has 0 saturated heterocycles. The van der Waals surface area contributed by atoms with Gasteiger partial charge in [0.15, 0.2) is 0 Å². The van der Waals surface area contributed by atoms with Gasteiger partial charge in [-0.2, -0.15) is 5.26 Å². The summed E-state index contributed by atoms with van der Waals surface area (Å²) in [5.41, 5.74) is 0.625. The van der Waals surface area contributed by atoms with Crippen LogP contribution in [-0.4, -0.2) is 49.3 Å². The SMILES string of the molecule is CC(=O)NS(=O)(=O)c1ccc(-c2ccc(/C=C3\C(=O)N(CCO)C(=O)C(C#N)=C3C)o2)cc1. The molecule has 0 unspecified atom stereocenters. The lowest BCUT2D eigenvalue weighted by molar-refractivity contribution is -0.141. The van der Waals surface area contributed by atoms with Crippen LogP contribution in [0.5, 0.6) is 0 Å². The maximum atomic E-state index is 12.7. The number of furan rings is 1. The molecule has 1 aromatic heterocycles. The Hall–Kier alpha value is -4.01. The number of imide groups is 1. The number of nitrogens with zero attached hydrogens (tertiary/aromatic N) is 2. The summed E-state index contributed by atoms with van der Waals surface area (Å²) in [7, 11) is -3.97. The van der Waals surface area contributed by atoms with E-state index in [1.807, 2.05) is 4.72 Å². The third-order valence-electron chi connectivity index (χ3n) is 4.79. The molecule has 11 heteroatoms. The zero-order chi connectivity index (χ0) is 24.3. The summed E-state index contributed by atoms with van der Waals surface area (Å²) in [4.78, 5) is 36.8. The molecule has 0 saturated carbocycles. The van der Waals surface area contributed by atoms with Crippen LogP contribution >= 0.6 is 0 Å². The van der Waals surface area contributed by atoms with Crippen LogP contribution < -0.4 is 4.72 Å². The van der Waals surface area contributed by atoms with Crippen LogP contribution in [0.15, 0.2) is 62.4 Å². The Kier molecular flexibility index (Phi) is 6.62. The Morgan fingerprint density at radius 1 is 1.18 bits per heavy atom. The molecule has 2 aromatic rings. The van der Waals surface area contributed by atoms with E-state index in [2.05, 4.69) is 0 Å². The first kappa shape index (κ1) is 23.6. The van der Waals surface area contributed by atoms with Gasteiger partial charge in [-0.05, 0) is 55.0 Å². The lowest BCUT2D eigenvalue weighted by atomic mass is 9.95. The first-order valence-electron chi connectivity index (χ1n) is 9.62. The molecule has 1 aliphatic heterocycles. The van der Waals surface area contributed by atoms with Crippen LogP contribution in [0.3, 0.4) is 0 Å². The molecule has 3 rings (SSSR count). The molecule has 2 N–H and O–H groups in total. The van der Waals surface area contributed by atoms with Gasteiger partial charge < -0.3 is 9.52 Å². The van der Waals surface area contributed by atoms with Crippen LogP contribution in [0.4, 0.5) is 0 Å². The average Bonchev–Trinajstić information content (AvgIpc) is 3.22. The van der Waals surface area contributed by atoms with Gasteiger partial charge in [-0.25, -0.2) is 13.1 Å². The highest BCUT2D eigenvalue weighted by molar-refractivity contribution is 7.90. The zero-order valence-electron chi connectivity index (χ0n) is 17.7. The zero-order valence-corrected chi connectivity index (χ0v) is 18.5. The summed E-state index contributed by atoms with van der Waals surface area (Å²) >= 11 is 0. The lowest BCUT2D eigenvalue weighted by Gasteiger charge is -2.26. The van der Waals surface area contributed by atoms with Crippen molar-refractivity contribution in [3.63, 3.8) is 0 Å². The molecular weight excluding hydrogens is 450 g/mol. The number of aliphatic hydroxyl groups excluding tert-OH is 1. The molecule has 1 aliphatic rings. The molecule has 10 nitrogen and oxygen atoms in total. The molecule has 170 valence electrons. The molecule has 0 aliphatic carbocycles. The second-order valence-electron chi connectivity index (χ2n) is 7.04. The Balaban J connectivity index is 1.93. The van der Waals surface area contributed by atoms with E-state index in [4.69, 9.17) is 9.52 Å². The fourth-order valence-corrected chi connectivity index (χ4v) is 4.20. The van der Waals surface area contributed by atoms with Crippen molar-refractivity contribution in [1.29, 1.82) is 5.26 Å². The molecule has 3 amide bonds. The highest BCUT2D eigenvalue weighted by Crippen LogP contribution is 2.29. The first-order chi connectivity index (χ1) is 15.6. The van der Waals surface area contributed by atoms with Gasteiger partial charge >= 0.3 is 0 Å². The summed E-state index contributed by atoms with van der Waals surface area (Å²) in [6.45, 7) is 1.89. The first-order valence-corrected chi connectivity index (χ1v) is 11.1. The molecule has 0 radical (unpaired) electrons. The number of hydrogen-bond acceptors (Lipinski definition) is 8. The van der Waals surface area contributed by atoms with Gasteiger partial charge in [0.2, 0.25) is 5.91 Å². The molecular formula is C22H19N3O7S. The van der Waals surface area contributed by atoms with Crippen molar-refractivity contribution in [2.75, 3.05) is 13.2 Å². The van der Waals surface area contributed by atoms with Crippen molar-refractivity contribution < 1.29 is 32.3 Å². The van der Waals surface area contributed by atoms with E-state index in [-0.39, 0.29) is 33.9 Å². The minimum Gasteiger partial charge on any atom is -0.457 e. The monoisotopic (exact) mass is 469 g/mol. The molecule has 2 heterocycles. The quantitative estimate of drug-likeness (QED) is 0.474. The third-order valence-corrected chi connectivity index (χ3v) is 6.24. The lowest BCUT2D eigenvalue weighted by Crippen LogP contribution is -2.44. The van der Waals surface area contributed by atoms with Crippen LogP contribution in [0.2, 0.25) is 0 Å². The third kappa shape index (κ3) is 4.77. The highest BCUT2D eigenvalue weighted by Gasteiger charge is 2.35. The summed E-state index contributed by atoms with van der Waals surface area (Å²) < 4.78 is 31.7. The number of hydrogen-bond donors (Lipinski definition) is 2. The predicted octanol–water partition coefficient (Wildman–Crippen LogP) is 1.36. The van der Waals surface area contributed by atoms with Crippen molar-refractivity contribution in [1.82, 2.24) is 9.62 Å². The Morgan fingerprint density at radius 2 is 1.85 bits per heavy atom. The Bertz CT molecular complexity index is 1340. The predicted molar refractivity (Wildman–Crippen MR) is 115 cm³/mol. The smallest absolute Gasteiger partial charge is 0.271 e. The Labute approximate surface area is 189 Å². The van der Waals surface area contributed by atoms with E-state index in [0.717, 1.165) is 11.8 Å². The summed E-state index contributed by atoms with van der Waals surface area (Å²) in [5, 5.41) is 18.5. The van der Waals surface area contributed by atoms with Gasteiger partial charge in [0.25, 0.3) is 21.8 Å². The maximum absolute atomic E-state index is 12.7. The maximum Gasteiger partial charge on any atom is 0.271 e. The van der Waals surface area contributed by atoms with Crippen LogP contribution in [0.1, 0.15) is 19.6 Å². The number of amides is 3. The van der Waals surface area contributed by atoms with Gasteiger partial charge in [0.05, 0.1) is 18.0 Å². The average molecular weight is 469 g/mol. The second kappa shape index (κ2) is 9.23. The number of β-amino-alcohol motifs (C(OH)–C–C–N with tert-alkyl or cyclic N) is 1. The number of nitrogens with one attached hydrogen (secondary N) is 1. The number of benzene rings is 1. The number of aliphatic hydroxyl groups is 1. The van der Waals surface area contributed by atoms with E-state index >= 15 is 0 Å². The normalized spacial score (nSPS) is 15.7. The number of nitriles is 1. The van der Waals surface area contributed by atoms with Crippen LogP contribution in [-0.2, 0) is 24.4 Å². The second-order valence-corrected chi connectivity index (χ2v) is 8.73. The number of rotatable bonds is 6. The molecule has 0 bridgehead atoms. The van der Waals surface area contributed by atoms with Crippen molar-refractivity contribution in [3.05, 3.63) is 58.9 Å². The van der Waals surface area contributed by atoms with Crippen molar-refractivity contribution in [2.24, 2.45) is 0 Å². The number of sulfonamides is 1. The largest absolute Gasteiger partial charge is 0.457 e. The van der Waals surface area contributed by atoms with Crippen LogP contribution in [0.25, 0.3) is 17.4 Å². The van der Waals surface area contributed by atoms with E-state index in [9.17, 15) is 28.1 Å². The van der Waals surface area contributed by atoms with E-state index in [0.29, 0.717) is 11.3 Å². The summed E-state index contributed by atoms with van der Waals surface area (Å²) in [5.74, 6) is -1.49. The van der Waals surface area contributed by atoms with Crippen molar-refractivity contribution >= 4 is 33.8 Å². The Morgan fingerprint density at radius 3 is 2.42 bits per heavy atom. The molecule has 1 aromatic carbocycles. The van der Waals surface area contributed by atoms with E-state index in [1.54, 1.807) is 18.2 Å². The van der Waals surface area contributed by atoms with Crippen molar-refractivity contribution in [2.45, 2.75) is 18.7 Å². The fraction of sp³-hybridized carbons (Fsp3) is 0.182. The van der Waals surface area contributed by atoms with Crippen molar-refractivity contribution in [3.8, 4) is 17.4 Å². The molecule has 33 heavy (non-hydrogen) atoms. The van der Waals surface area contributed by atoms with E-state index < -0.39 is 34.4 Å². The standard InChI is InChI=1S/C22H19N3O7S/c1-13-18(21(28)25(9-10-26)22(29)19(13)12-23)11-16-5-8-20(32-16)15-3-6-17(7-4-15)33(30,31)24-14(2)27/h3-8,11,26H,9-10H2,1-2H3,(H,24,27)/b18-11-. The number of carbonyl (C=O) groups excluding carboxylic acids is 3. The van der Waals surface area contributed by atoms with Gasteiger partial charge in [-0.3, -0.25) is 19.3 Å². The number of carbonyl (C=O) groups is 3. The minimum atomic E-state index is -3.97. The summed E-state index contributed by atoms with van der Waals surface area (Å²) in [6, 6.07) is 10.6. The van der Waals surface area contributed by atoms with Gasteiger partial charge in [0, 0.05) is 18.1 Å². The highest BCUT2D eigenvalue weighted by atomic mass is 32.2. The molecule has 0 spiro atoms. The molecule has 0 fully saturated rings. The van der Waals surface area contributed by atoms with E-state index in [1.165, 1.54) is 37.3 Å². The fourth-order valence-electron chi connectivity index (χ4n) is 3.21. The minimum absolute atomic E-state index is 0.0808. The van der Waals surface area contributed by atoms with Gasteiger partial charge in [0.1, 0.15) is 23.2 Å². The molecule has 0 atom stereocenters. The topological polar surface area (TPSA) is 158 Å². The van der Waals surface area contributed by atoms with Gasteiger partial charge in [-0.1, -0.05) is 0 Å². The van der Waals surface area contributed by atoms with Gasteiger partial charge in [-0.15, -0.1) is 0 Å².